The van der Waals surface area contributed by atoms with Crippen LogP contribution in [0.4, 0.5) is 0 Å². The van der Waals surface area contributed by atoms with E-state index in [1.807, 2.05) is 6.92 Å². The van der Waals surface area contributed by atoms with E-state index in [0.717, 1.165) is 17.3 Å². The average Bonchev–Trinajstić information content (AvgIpc) is 3.28. The first-order valence-electron chi connectivity index (χ1n) is 10.5. The Balaban J connectivity index is 1.54. The molecule has 2 aliphatic rings. The van der Waals surface area contributed by atoms with Crippen LogP contribution in [0.2, 0.25) is 0 Å². The van der Waals surface area contributed by atoms with Gasteiger partial charge in [-0.3, -0.25) is 4.79 Å². The highest BCUT2D eigenvalue weighted by Gasteiger charge is 2.46. The molecule has 2 fully saturated rings. The third-order valence-electron chi connectivity index (χ3n) is 6.21. The van der Waals surface area contributed by atoms with E-state index in [-0.39, 0.29) is 5.97 Å². The molecule has 3 rings (SSSR count). The van der Waals surface area contributed by atoms with Crippen LogP contribution in [0.3, 0.4) is 0 Å². The summed E-state index contributed by atoms with van der Waals surface area (Å²) in [7, 11) is -3.50. The van der Waals surface area contributed by atoms with Gasteiger partial charge in [0.2, 0.25) is 10.0 Å². The van der Waals surface area contributed by atoms with Gasteiger partial charge in [0.25, 0.3) is 0 Å². The lowest BCUT2D eigenvalue weighted by Crippen LogP contribution is -2.35. The van der Waals surface area contributed by atoms with Crippen molar-refractivity contribution in [3.05, 3.63) is 40.9 Å². The van der Waals surface area contributed by atoms with Gasteiger partial charge in [-0.25, -0.2) is 13.1 Å². The number of nitrogens with one attached hydrogen (secondary N) is 1. The van der Waals surface area contributed by atoms with Gasteiger partial charge in [-0.2, -0.15) is 0 Å². The number of unbranched alkanes of at least 4 members (excludes halogenated alkanes) is 1. The van der Waals surface area contributed by atoms with Gasteiger partial charge >= 0.3 is 5.97 Å². The van der Waals surface area contributed by atoms with Crippen LogP contribution in [0.15, 0.2) is 45.8 Å². The molecular weight excluding hydrogens is 454 g/mol. The van der Waals surface area contributed by atoms with Gasteiger partial charge in [0.1, 0.15) is 0 Å². The Morgan fingerprint density at radius 1 is 1.24 bits per heavy atom. The Morgan fingerprint density at radius 3 is 2.69 bits per heavy atom. The average molecular weight is 484 g/mol. The molecule has 0 heterocycles. The second-order valence-electron chi connectivity index (χ2n) is 8.01. The fraction of sp³-hybridized carbons (Fsp3) is 0.591. The number of esters is 1. The van der Waals surface area contributed by atoms with Gasteiger partial charge in [0.15, 0.2) is 0 Å². The fourth-order valence-electron chi connectivity index (χ4n) is 4.81. The molecule has 4 unspecified atom stereocenters. The number of halogens is 1. The van der Waals surface area contributed by atoms with Crippen LogP contribution in [0, 0.1) is 23.7 Å². The predicted molar refractivity (Wildman–Crippen MR) is 117 cm³/mol. The smallest absolute Gasteiger partial charge is 0.305 e. The van der Waals surface area contributed by atoms with Crippen LogP contribution in [-0.2, 0) is 19.6 Å². The van der Waals surface area contributed by atoms with Crippen molar-refractivity contribution in [1.82, 2.24) is 4.72 Å². The second kappa shape index (κ2) is 10.2. The Hall–Kier alpha value is -1.18. The van der Waals surface area contributed by atoms with Crippen LogP contribution in [-0.4, -0.2) is 27.5 Å². The Bertz CT molecular complexity index is 822. The van der Waals surface area contributed by atoms with Crippen molar-refractivity contribution in [2.24, 2.45) is 23.7 Å². The van der Waals surface area contributed by atoms with E-state index in [1.54, 1.807) is 24.3 Å². The zero-order valence-electron chi connectivity index (χ0n) is 16.8. The van der Waals surface area contributed by atoms with Gasteiger partial charge in [0.05, 0.1) is 11.5 Å². The van der Waals surface area contributed by atoms with Crippen molar-refractivity contribution in [2.45, 2.75) is 50.3 Å². The standard InChI is InChI=1S/C22H30BrNO4S/c1-2-28-22(25)7-5-3-4-6-20-16-8-9-17(14-16)21(20)15-24-29(26,27)19-12-10-18(23)11-13-19/h4,6,10-13,16-17,20-21,24H,2-3,5,7-9,14-15H2,1H3/b6-4-. The van der Waals surface area contributed by atoms with E-state index in [4.69, 9.17) is 4.74 Å². The van der Waals surface area contributed by atoms with E-state index < -0.39 is 10.0 Å². The number of rotatable bonds is 10. The van der Waals surface area contributed by atoms with Crippen molar-refractivity contribution in [3.63, 3.8) is 0 Å². The van der Waals surface area contributed by atoms with Crippen molar-refractivity contribution < 1.29 is 17.9 Å². The molecule has 2 aliphatic carbocycles. The maximum atomic E-state index is 12.6. The number of sulfonamides is 1. The van der Waals surface area contributed by atoms with E-state index in [9.17, 15) is 13.2 Å². The topological polar surface area (TPSA) is 72.5 Å². The van der Waals surface area contributed by atoms with Crippen LogP contribution in [0.25, 0.3) is 0 Å². The van der Waals surface area contributed by atoms with Gasteiger partial charge in [-0.05, 0) is 87.0 Å². The number of carbonyl (C=O) groups is 1. The summed E-state index contributed by atoms with van der Waals surface area (Å²) in [6.07, 6.45) is 10.2. The lowest BCUT2D eigenvalue weighted by Gasteiger charge is -2.29. The number of benzene rings is 1. The molecular formula is C22H30BrNO4S. The quantitative estimate of drug-likeness (QED) is 0.297. The monoisotopic (exact) mass is 483 g/mol. The molecule has 2 saturated carbocycles. The number of ether oxygens (including phenoxy) is 1. The number of fused-ring (bicyclic) bond motifs is 2. The minimum absolute atomic E-state index is 0.138. The largest absolute Gasteiger partial charge is 0.466 e. The van der Waals surface area contributed by atoms with Crippen molar-refractivity contribution >= 4 is 31.9 Å². The molecule has 0 amide bonds. The summed E-state index contributed by atoms with van der Waals surface area (Å²) in [5.41, 5.74) is 0. The van der Waals surface area contributed by atoms with Gasteiger partial charge in [0, 0.05) is 17.4 Å². The van der Waals surface area contributed by atoms with Crippen LogP contribution in [0.1, 0.15) is 45.4 Å². The lowest BCUT2D eigenvalue weighted by atomic mass is 9.79. The number of allylic oxidation sites excluding steroid dienone is 2. The van der Waals surface area contributed by atoms with E-state index >= 15 is 0 Å². The summed E-state index contributed by atoms with van der Waals surface area (Å²) >= 11 is 3.34. The molecule has 0 radical (unpaired) electrons. The molecule has 0 aromatic heterocycles. The van der Waals surface area contributed by atoms with E-state index in [1.165, 1.54) is 19.3 Å². The fourth-order valence-corrected chi connectivity index (χ4v) is 6.15. The Kier molecular flexibility index (Phi) is 7.93. The summed E-state index contributed by atoms with van der Waals surface area (Å²) in [4.78, 5) is 11.7. The van der Waals surface area contributed by atoms with Gasteiger partial charge < -0.3 is 4.74 Å². The Morgan fingerprint density at radius 2 is 1.97 bits per heavy atom. The number of hydrogen-bond donors (Lipinski definition) is 1. The zero-order valence-corrected chi connectivity index (χ0v) is 19.3. The highest BCUT2D eigenvalue weighted by atomic mass is 79.9. The molecule has 29 heavy (non-hydrogen) atoms. The summed E-state index contributed by atoms with van der Waals surface area (Å²) in [5, 5.41) is 0. The molecule has 1 N–H and O–H groups in total. The van der Waals surface area contributed by atoms with Crippen molar-refractivity contribution in [2.75, 3.05) is 13.2 Å². The van der Waals surface area contributed by atoms with Crippen LogP contribution in [0.5, 0.6) is 0 Å². The van der Waals surface area contributed by atoms with Crippen LogP contribution < -0.4 is 4.72 Å². The molecule has 4 atom stereocenters. The predicted octanol–water partition coefficient (Wildman–Crippen LogP) is 4.68. The van der Waals surface area contributed by atoms with Crippen LogP contribution >= 0.6 is 15.9 Å². The molecule has 7 heteroatoms. The lowest BCUT2D eigenvalue weighted by molar-refractivity contribution is -0.143. The minimum atomic E-state index is -3.50. The Labute approximate surface area is 182 Å². The first kappa shape index (κ1) is 22.5. The summed E-state index contributed by atoms with van der Waals surface area (Å²) in [6, 6.07) is 6.73. The van der Waals surface area contributed by atoms with E-state index in [0.29, 0.717) is 48.1 Å². The maximum Gasteiger partial charge on any atom is 0.305 e. The van der Waals surface area contributed by atoms with Gasteiger partial charge in [-0.1, -0.05) is 28.1 Å². The molecule has 0 spiro atoms. The molecule has 0 aliphatic heterocycles. The highest BCUT2D eigenvalue weighted by molar-refractivity contribution is 9.10. The highest BCUT2D eigenvalue weighted by Crippen LogP contribution is 2.52. The third kappa shape index (κ3) is 5.92. The first-order valence-corrected chi connectivity index (χ1v) is 12.8. The summed E-state index contributed by atoms with van der Waals surface area (Å²) < 4.78 is 33.9. The third-order valence-corrected chi connectivity index (χ3v) is 8.17. The summed E-state index contributed by atoms with van der Waals surface area (Å²) in [6.45, 7) is 2.73. The maximum absolute atomic E-state index is 12.6. The molecule has 1 aromatic rings. The van der Waals surface area contributed by atoms with Crippen molar-refractivity contribution in [1.29, 1.82) is 0 Å². The SMILES string of the molecule is CCOC(=O)CCC/C=C\C1C2CCC(C2)C1CNS(=O)(=O)c1ccc(Br)cc1. The molecule has 5 nitrogen and oxygen atoms in total. The minimum Gasteiger partial charge on any atom is -0.466 e. The van der Waals surface area contributed by atoms with Gasteiger partial charge in [-0.15, -0.1) is 0 Å². The normalized spacial score (nSPS) is 26.3. The van der Waals surface area contributed by atoms with Crippen molar-refractivity contribution in [3.8, 4) is 0 Å². The first-order chi connectivity index (χ1) is 13.9. The summed E-state index contributed by atoms with van der Waals surface area (Å²) in [5.74, 6) is 1.88. The zero-order chi connectivity index (χ0) is 20.9. The molecule has 2 bridgehead atoms. The second-order valence-corrected chi connectivity index (χ2v) is 10.7. The molecule has 1 aromatic carbocycles. The number of hydrogen-bond acceptors (Lipinski definition) is 4. The number of carbonyl (C=O) groups excluding carboxylic acids is 1. The molecule has 0 saturated heterocycles. The van der Waals surface area contributed by atoms with E-state index in [2.05, 4.69) is 32.8 Å². The molecule has 160 valence electrons.